The van der Waals surface area contributed by atoms with Gasteiger partial charge in [0.15, 0.2) is 5.78 Å². The third kappa shape index (κ3) is 1.83. The summed E-state index contributed by atoms with van der Waals surface area (Å²) >= 11 is 1.58. The van der Waals surface area contributed by atoms with E-state index in [0.717, 1.165) is 12.0 Å². The summed E-state index contributed by atoms with van der Waals surface area (Å²) in [6.45, 7) is 4.55. The van der Waals surface area contributed by atoms with Gasteiger partial charge in [0.25, 0.3) is 0 Å². The zero-order valence-electron chi connectivity index (χ0n) is 7.72. The second kappa shape index (κ2) is 3.52. The Morgan fingerprint density at radius 2 is 2.33 bits per heavy atom. The topological polar surface area (TPSA) is 26.3 Å². The molecule has 68 valence electrons. The summed E-state index contributed by atoms with van der Waals surface area (Å²) in [5, 5.41) is 0. The van der Waals surface area contributed by atoms with E-state index in [2.05, 4.69) is 0 Å². The van der Waals surface area contributed by atoms with E-state index in [-0.39, 0.29) is 10.5 Å². The third-order valence-corrected chi connectivity index (χ3v) is 3.27. The smallest absolute Gasteiger partial charge is 0.177 e. The molecule has 1 aliphatic heterocycles. The number of hydrogen-bond acceptors (Lipinski definition) is 3. The van der Waals surface area contributed by atoms with E-state index < -0.39 is 0 Å². The van der Waals surface area contributed by atoms with Crippen molar-refractivity contribution in [3.8, 4) is 0 Å². The third-order valence-electron chi connectivity index (χ3n) is 2.06. The highest BCUT2D eigenvalue weighted by Gasteiger charge is 2.30. The normalized spacial score (nSPS) is 17.1. The van der Waals surface area contributed by atoms with Crippen LogP contribution in [0.2, 0.25) is 0 Å². The fourth-order valence-electron chi connectivity index (χ4n) is 1.03. The van der Waals surface area contributed by atoms with Crippen molar-refractivity contribution in [1.29, 1.82) is 0 Å². The molecular weight excluding hydrogens is 172 g/mol. The number of Topliss-reactive ketones (excluding diaryl/α,β-unsaturated/α-hetero) is 1. The van der Waals surface area contributed by atoms with E-state index in [1.54, 1.807) is 18.0 Å². The molecule has 0 spiro atoms. The first kappa shape index (κ1) is 9.65. The summed E-state index contributed by atoms with van der Waals surface area (Å²) in [6.07, 6.45) is 4.32. The van der Waals surface area contributed by atoms with Crippen LogP contribution in [0.4, 0.5) is 0 Å². The lowest BCUT2D eigenvalue weighted by molar-refractivity contribution is -0.117. The Morgan fingerprint density at radius 3 is 2.75 bits per heavy atom. The molecule has 0 aromatic carbocycles. The number of carbonyl (C=O) groups excluding carboxylic acids is 1. The van der Waals surface area contributed by atoms with Crippen molar-refractivity contribution in [2.75, 3.05) is 12.9 Å². The summed E-state index contributed by atoms with van der Waals surface area (Å²) in [5.41, 5.74) is 0.828. The molecule has 1 heterocycles. The molecule has 0 unspecified atom stereocenters. The van der Waals surface area contributed by atoms with Crippen LogP contribution in [0, 0.1) is 0 Å². The maximum absolute atomic E-state index is 11.7. The van der Waals surface area contributed by atoms with Crippen LogP contribution < -0.4 is 0 Å². The van der Waals surface area contributed by atoms with Crippen LogP contribution >= 0.6 is 11.8 Å². The Morgan fingerprint density at radius 1 is 1.67 bits per heavy atom. The van der Waals surface area contributed by atoms with Gasteiger partial charge in [-0.2, -0.15) is 11.8 Å². The van der Waals surface area contributed by atoms with Gasteiger partial charge in [-0.05, 0) is 20.1 Å². The molecule has 0 bridgehead atoms. The first-order valence-corrected chi connectivity index (χ1v) is 5.21. The maximum Gasteiger partial charge on any atom is 0.177 e. The molecule has 1 aliphatic rings. The standard InChI is InChI=1S/C9H14O2S/c1-9(2,12-3)8(10)7-4-5-11-6-7/h6H,4-5H2,1-3H3. The predicted molar refractivity (Wildman–Crippen MR) is 51.3 cm³/mol. The van der Waals surface area contributed by atoms with E-state index in [4.69, 9.17) is 4.74 Å². The monoisotopic (exact) mass is 186 g/mol. The average Bonchev–Trinajstić information content (AvgIpc) is 2.55. The summed E-state index contributed by atoms with van der Waals surface area (Å²) in [5.74, 6) is 0.201. The molecule has 0 radical (unpaired) electrons. The largest absolute Gasteiger partial charge is 0.500 e. The van der Waals surface area contributed by atoms with Crippen molar-refractivity contribution in [2.45, 2.75) is 25.0 Å². The van der Waals surface area contributed by atoms with Gasteiger partial charge in [0.1, 0.15) is 0 Å². The molecule has 0 aliphatic carbocycles. The van der Waals surface area contributed by atoms with Gasteiger partial charge in [0.2, 0.25) is 0 Å². The molecule has 0 fully saturated rings. The number of thioether (sulfide) groups is 1. The second-order valence-electron chi connectivity index (χ2n) is 3.31. The molecule has 2 nitrogen and oxygen atoms in total. The van der Waals surface area contributed by atoms with E-state index in [1.165, 1.54) is 0 Å². The van der Waals surface area contributed by atoms with Gasteiger partial charge in [0, 0.05) is 12.0 Å². The van der Waals surface area contributed by atoms with E-state index >= 15 is 0 Å². The summed E-state index contributed by atoms with van der Waals surface area (Å²) in [4.78, 5) is 11.7. The number of ketones is 1. The SMILES string of the molecule is CSC(C)(C)C(=O)C1=COCC1. The van der Waals surface area contributed by atoms with Crippen LogP contribution in [-0.2, 0) is 9.53 Å². The van der Waals surface area contributed by atoms with E-state index in [1.807, 2.05) is 20.1 Å². The summed E-state index contributed by atoms with van der Waals surface area (Å²) in [7, 11) is 0. The molecular formula is C9H14O2S. The molecule has 0 saturated carbocycles. The second-order valence-corrected chi connectivity index (χ2v) is 4.74. The zero-order valence-corrected chi connectivity index (χ0v) is 8.53. The summed E-state index contributed by atoms with van der Waals surface area (Å²) < 4.78 is 4.72. The van der Waals surface area contributed by atoms with Crippen LogP contribution in [0.3, 0.4) is 0 Å². The van der Waals surface area contributed by atoms with Gasteiger partial charge in [-0.1, -0.05) is 0 Å². The molecule has 0 saturated heterocycles. The predicted octanol–water partition coefficient (Wildman–Crippen LogP) is 2.00. The van der Waals surface area contributed by atoms with Crippen molar-refractivity contribution in [1.82, 2.24) is 0 Å². The number of carbonyl (C=O) groups is 1. The maximum atomic E-state index is 11.7. The molecule has 0 aromatic heterocycles. The minimum absolute atomic E-state index is 0.201. The van der Waals surface area contributed by atoms with Gasteiger partial charge in [-0.25, -0.2) is 0 Å². The van der Waals surface area contributed by atoms with Gasteiger partial charge >= 0.3 is 0 Å². The van der Waals surface area contributed by atoms with Crippen molar-refractivity contribution >= 4 is 17.5 Å². The van der Waals surface area contributed by atoms with Crippen LogP contribution in [-0.4, -0.2) is 23.4 Å². The summed E-state index contributed by atoms with van der Waals surface area (Å²) in [6, 6.07) is 0. The van der Waals surface area contributed by atoms with Gasteiger partial charge in [-0.15, -0.1) is 0 Å². The Kier molecular flexibility index (Phi) is 2.83. The van der Waals surface area contributed by atoms with Crippen LogP contribution in [0.1, 0.15) is 20.3 Å². The Bertz CT molecular complexity index is 219. The molecule has 0 aromatic rings. The average molecular weight is 186 g/mol. The molecule has 0 amide bonds. The lowest BCUT2D eigenvalue weighted by Gasteiger charge is -2.19. The molecule has 12 heavy (non-hydrogen) atoms. The highest BCUT2D eigenvalue weighted by Crippen LogP contribution is 2.28. The highest BCUT2D eigenvalue weighted by atomic mass is 32.2. The fourth-order valence-corrected chi connectivity index (χ4v) is 1.35. The lowest BCUT2D eigenvalue weighted by atomic mass is 10.00. The Labute approximate surface area is 77.4 Å². The number of rotatable bonds is 3. The van der Waals surface area contributed by atoms with Crippen LogP contribution in [0.15, 0.2) is 11.8 Å². The minimum atomic E-state index is -0.306. The minimum Gasteiger partial charge on any atom is -0.500 e. The zero-order chi connectivity index (χ0) is 9.19. The van der Waals surface area contributed by atoms with Gasteiger partial charge < -0.3 is 4.74 Å². The van der Waals surface area contributed by atoms with Gasteiger partial charge in [-0.3, -0.25) is 4.79 Å². The van der Waals surface area contributed by atoms with Crippen molar-refractivity contribution < 1.29 is 9.53 Å². The van der Waals surface area contributed by atoms with Crippen molar-refractivity contribution in [2.24, 2.45) is 0 Å². The van der Waals surface area contributed by atoms with Crippen LogP contribution in [0.5, 0.6) is 0 Å². The lowest BCUT2D eigenvalue weighted by Crippen LogP contribution is -2.28. The molecule has 3 heteroatoms. The van der Waals surface area contributed by atoms with E-state index in [9.17, 15) is 4.79 Å². The quantitative estimate of drug-likeness (QED) is 0.674. The number of ether oxygens (including phenoxy) is 1. The Balaban J connectivity index is 2.70. The first-order chi connectivity index (χ1) is 5.58. The fraction of sp³-hybridized carbons (Fsp3) is 0.667. The highest BCUT2D eigenvalue weighted by molar-refractivity contribution is 8.00. The van der Waals surface area contributed by atoms with Crippen LogP contribution in [0.25, 0.3) is 0 Å². The molecule has 0 atom stereocenters. The van der Waals surface area contributed by atoms with Gasteiger partial charge in [0.05, 0.1) is 17.6 Å². The van der Waals surface area contributed by atoms with Crippen molar-refractivity contribution in [3.63, 3.8) is 0 Å². The Hall–Kier alpha value is -0.440. The first-order valence-electron chi connectivity index (χ1n) is 3.98. The number of hydrogen-bond donors (Lipinski definition) is 0. The van der Waals surface area contributed by atoms with E-state index in [0.29, 0.717) is 6.61 Å². The van der Waals surface area contributed by atoms with Crippen molar-refractivity contribution in [3.05, 3.63) is 11.8 Å². The molecule has 0 N–H and O–H groups in total. The molecule has 1 rings (SSSR count).